The van der Waals surface area contributed by atoms with Crippen molar-refractivity contribution in [3.8, 4) is 22.4 Å². The lowest BCUT2D eigenvalue weighted by molar-refractivity contribution is -0.385. The monoisotopic (exact) mass is 419 g/mol. The topological polar surface area (TPSA) is 94.4 Å². The van der Waals surface area contributed by atoms with Crippen LogP contribution in [0.4, 0.5) is 10.5 Å². The minimum absolute atomic E-state index is 0.0607. The summed E-state index contributed by atoms with van der Waals surface area (Å²) >= 11 is 0. The van der Waals surface area contributed by atoms with E-state index < -0.39 is 16.6 Å². The molecule has 1 amide bonds. The lowest BCUT2D eigenvalue weighted by atomic mass is 9.97. The number of alkyl carbamates (subject to hydrolysis) is 1. The van der Waals surface area contributed by atoms with E-state index in [-0.39, 0.29) is 11.7 Å². The Labute approximate surface area is 181 Å². The Morgan fingerprint density at radius 3 is 2.29 bits per heavy atom. The number of aromatic nitrogens is 1. The number of carbonyl (C=O) groups is 1. The summed E-state index contributed by atoms with van der Waals surface area (Å²) in [6.45, 7) is 7.31. The van der Waals surface area contributed by atoms with Crippen molar-refractivity contribution in [2.45, 2.75) is 39.3 Å². The van der Waals surface area contributed by atoms with E-state index in [1.165, 1.54) is 12.3 Å². The van der Waals surface area contributed by atoms with Gasteiger partial charge >= 0.3 is 6.09 Å². The molecule has 160 valence electrons. The molecular formula is C24H25N3O4. The maximum Gasteiger partial charge on any atom is 0.408 e. The number of pyridine rings is 1. The number of nitro groups is 1. The van der Waals surface area contributed by atoms with Crippen LogP contribution in [0.1, 0.15) is 39.3 Å². The number of nitrogens with one attached hydrogen (secondary N) is 1. The van der Waals surface area contributed by atoms with E-state index >= 15 is 0 Å². The van der Waals surface area contributed by atoms with Crippen LogP contribution in [0.2, 0.25) is 0 Å². The van der Waals surface area contributed by atoms with Crippen LogP contribution >= 0.6 is 0 Å². The van der Waals surface area contributed by atoms with Gasteiger partial charge in [-0.2, -0.15) is 0 Å². The summed E-state index contributed by atoms with van der Waals surface area (Å²) in [6, 6.07) is 18.3. The first kappa shape index (κ1) is 22.0. The molecule has 0 radical (unpaired) electrons. The number of ether oxygens (including phenoxy) is 1. The molecule has 7 heteroatoms. The number of hydrogen-bond donors (Lipinski definition) is 1. The Kier molecular flexibility index (Phi) is 6.34. The number of rotatable bonds is 5. The summed E-state index contributed by atoms with van der Waals surface area (Å²) in [6.07, 6.45) is 0.787. The predicted molar refractivity (Wildman–Crippen MR) is 120 cm³/mol. The van der Waals surface area contributed by atoms with Crippen LogP contribution in [0.3, 0.4) is 0 Å². The highest BCUT2D eigenvalue weighted by Crippen LogP contribution is 2.33. The van der Waals surface area contributed by atoms with E-state index in [4.69, 9.17) is 4.74 Å². The fourth-order valence-corrected chi connectivity index (χ4v) is 3.12. The van der Waals surface area contributed by atoms with Gasteiger partial charge in [0.1, 0.15) is 11.8 Å². The first-order valence-electron chi connectivity index (χ1n) is 9.94. The molecule has 3 aromatic rings. The maximum absolute atomic E-state index is 12.0. The first-order chi connectivity index (χ1) is 14.6. The zero-order chi connectivity index (χ0) is 22.6. The number of carbonyl (C=O) groups excluding carboxylic acids is 1. The fourth-order valence-electron chi connectivity index (χ4n) is 3.12. The summed E-state index contributed by atoms with van der Waals surface area (Å²) in [5.74, 6) is 0. The molecule has 0 aliphatic rings. The molecule has 0 aliphatic carbocycles. The molecule has 0 spiro atoms. The summed E-state index contributed by atoms with van der Waals surface area (Å²) in [5.41, 5.74) is 3.27. The van der Waals surface area contributed by atoms with Crippen molar-refractivity contribution in [2.75, 3.05) is 0 Å². The van der Waals surface area contributed by atoms with Gasteiger partial charge in [0, 0.05) is 17.2 Å². The van der Waals surface area contributed by atoms with E-state index in [1.807, 2.05) is 82.3 Å². The van der Waals surface area contributed by atoms with Crippen LogP contribution in [-0.4, -0.2) is 21.6 Å². The molecule has 1 aromatic heterocycles. The van der Waals surface area contributed by atoms with Gasteiger partial charge in [-0.15, -0.1) is 0 Å². The molecule has 0 fully saturated rings. The van der Waals surface area contributed by atoms with Gasteiger partial charge in [-0.05, 0) is 38.8 Å². The molecular weight excluding hydrogens is 394 g/mol. The average Bonchev–Trinajstić information content (AvgIpc) is 2.72. The summed E-state index contributed by atoms with van der Waals surface area (Å²) < 4.78 is 5.30. The largest absolute Gasteiger partial charge is 0.444 e. The smallest absolute Gasteiger partial charge is 0.408 e. The van der Waals surface area contributed by atoms with Gasteiger partial charge in [0.05, 0.1) is 16.7 Å². The molecule has 0 saturated heterocycles. The minimum atomic E-state index is -0.566. The third kappa shape index (κ3) is 5.66. The number of benzene rings is 2. The van der Waals surface area contributed by atoms with Gasteiger partial charge in [0.15, 0.2) is 0 Å². The van der Waals surface area contributed by atoms with Crippen molar-refractivity contribution in [3.05, 3.63) is 82.5 Å². The summed E-state index contributed by atoms with van der Waals surface area (Å²) in [4.78, 5) is 27.2. The van der Waals surface area contributed by atoms with Crippen LogP contribution in [0.5, 0.6) is 0 Å². The van der Waals surface area contributed by atoms with Crippen molar-refractivity contribution in [2.24, 2.45) is 0 Å². The SMILES string of the molecule is C[C@H](NC(=O)OC(C)(C)C)c1ccc(-c2ncc([N+](=O)[O-])cc2-c2ccccc2)cc1. The van der Waals surface area contributed by atoms with E-state index in [0.717, 1.165) is 16.7 Å². The lowest BCUT2D eigenvalue weighted by Gasteiger charge is -2.22. The zero-order valence-corrected chi connectivity index (χ0v) is 18.0. The second-order valence-corrected chi connectivity index (χ2v) is 8.20. The predicted octanol–water partition coefficient (Wildman–Crippen LogP) is 5.91. The van der Waals surface area contributed by atoms with Crippen LogP contribution in [-0.2, 0) is 4.74 Å². The Morgan fingerprint density at radius 2 is 1.71 bits per heavy atom. The molecule has 7 nitrogen and oxygen atoms in total. The van der Waals surface area contributed by atoms with Gasteiger partial charge in [-0.25, -0.2) is 9.78 Å². The highest BCUT2D eigenvalue weighted by atomic mass is 16.6. The molecule has 3 rings (SSSR count). The maximum atomic E-state index is 12.0. The normalized spacial score (nSPS) is 12.1. The molecule has 31 heavy (non-hydrogen) atoms. The van der Waals surface area contributed by atoms with Gasteiger partial charge in [0.2, 0.25) is 0 Å². The van der Waals surface area contributed by atoms with Crippen molar-refractivity contribution in [1.82, 2.24) is 10.3 Å². The third-order valence-corrected chi connectivity index (χ3v) is 4.59. The quantitative estimate of drug-likeness (QED) is 0.410. The Bertz CT molecular complexity index is 1070. The Hall–Kier alpha value is -3.74. The van der Waals surface area contributed by atoms with E-state index in [9.17, 15) is 14.9 Å². The molecule has 0 saturated carbocycles. The minimum Gasteiger partial charge on any atom is -0.444 e. The number of hydrogen-bond acceptors (Lipinski definition) is 5. The van der Waals surface area contributed by atoms with Gasteiger partial charge in [-0.3, -0.25) is 10.1 Å². The van der Waals surface area contributed by atoms with Gasteiger partial charge in [0.25, 0.3) is 5.69 Å². The van der Waals surface area contributed by atoms with Crippen LogP contribution < -0.4 is 5.32 Å². The van der Waals surface area contributed by atoms with Crippen LogP contribution in [0, 0.1) is 10.1 Å². The zero-order valence-electron chi connectivity index (χ0n) is 18.0. The molecule has 1 atom stereocenters. The van der Waals surface area contributed by atoms with E-state index in [2.05, 4.69) is 10.3 Å². The van der Waals surface area contributed by atoms with Gasteiger partial charge in [-0.1, -0.05) is 54.6 Å². The van der Waals surface area contributed by atoms with Crippen molar-refractivity contribution in [3.63, 3.8) is 0 Å². The fraction of sp³-hybridized carbons (Fsp3) is 0.250. The van der Waals surface area contributed by atoms with Crippen molar-refractivity contribution < 1.29 is 14.5 Å². The highest BCUT2D eigenvalue weighted by Gasteiger charge is 2.19. The molecule has 0 bridgehead atoms. The summed E-state index contributed by atoms with van der Waals surface area (Å²) in [5, 5.41) is 14.1. The molecule has 2 aromatic carbocycles. The highest BCUT2D eigenvalue weighted by molar-refractivity contribution is 5.82. The van der Waals surface area contributed by atoms with Crippen LogP contribution in [0.25, 0.3) is 22.4 Å². The Balaban J connectivity index is 1.89. The molecule has 0 aliphatic heterocycles. The second kappa shape index (κ2) is 8.95. The Morgan fingerprint density at radius 1 is 1.06 bits per heavy atom. The molecule has 1 N–H and O–H groups in total. The standard InChI is InChI=1S/C24H25N3O4/c1-16(26-23(28)31-24(2,3)4)17-10-12-19(13-11-17)22-21(18-8-6-5-7-9-18)14-20(15-25-22)27(29)30/h5-16H,1-4H3,(H,26,28)/t16-/m0/s1. The second-order valence-electron chi connectivity index (χ2n) is 8.20. The summed E-state index contributed by atoms with van der Waals surface area (Å²) in [7, 11) is 0. The van der Waals surface area contributed by atoms with Gasteiger partial charge < -0.3 is 10.1 Å². The van der Waals surface area contributed by atoms with Crippen LogP contribution in [0.15, 0.2) is 66.9 Å². The van der Waals surface area contributed by atoms with Crippen molar-refractivity contribution >= 4 is 11.8 Å². The molecule has 1 heterocycles. The number of amides is 1. The average molecular weight is 419 g/mol. The van der Waals surface area contributed by atoms with Crippen molar-refractivity contribution in [1.29, 1.82) is 0 Å². The van der Waals surface area contributed by atoms with E-state index in [1.54, 1.807) is 0 Å². The van der Waals surface area contributed by atoms with E-state index in [0.29, 0.717) is 11.3 Å². The third-order valence-electron chi connectivity index (χ3n) is 4.59. The first-order valence-corrected chi connectivity index (χ1v) is 9.94. The lowest BCUT2D eigenvalue weighted by Crippen LogP contribution is -2.34. The number of nitrogens with zero attached hydrogens (tertiary/aromatic N) is 2. The molecule has 0 unspecified atom stereocenters.